The SMILES string of the molecule is Cc1ccc(-n2nc(C(=N)N)c(=O)cc2C)cc1C. The average molecular weight is 256 g/mol. The summed E-state index contributed by atoms with van der Waals surface area (Å²) in [6.45, 7) is 5.85. The zero-order chi connectivity index (χ0) is 14.2. The summed E-state index contributed by atoms with van der Waals surface area (Å²) in [5.74, 6) is -0.317. The molecule has 98 valence electrons. The third-order valence-corrected chi connectivity index (χ3v) is 3.10. The van der Waals surface area contributed by atoms with Gasteiger partial charge in [0.1, 0.15) is 5.84 Å². The zero-order valence-corrected chi connectivity index (χ0v) is 11.2. The molecular weight excluding hydrogens is 240 g/mol. The van der Waals surface area contributed by atoms with Gasteiger partial charge in [0.05, 0.1) is 5.69 Å². The van der Waals surface area contributed by atoms with E-state index in [4.69, 9.17) is 11.1 Å². The molecule has 0 aliphatic heterocycles. The Balaban J connectivity index is 2.68. The molecule has 0 atom stereocenters. The molecule has 0 spiro atoms. The van der Waals surface area contributed by atoms with E-state index in [1.54, 1.807) is 11.6 Å². The van der Waals surface area contributed by atoms with Crippen LogP contribution in [-0.2, 0) is 0 Å². The van der Waals surface area contributed by atoms with Crippen LogP contribution in [0, 0.1) is 26.2 Å². The predicted molar refractivity (Wildman–Crippen MR) is 75.1 cm³/mol. The normalized spacial score (nSPS) is 10.5. The van der Waals surface area contributed by atoms with Gasteiger partial charge in [0.25, 0.3) is 0 Å². The Morgan fingerprint density at radius 1 is 1.21 bits per heavy atom. The first-order chi connectivity index (χ1) is 8.90. The minimum atomic E-state index is -0.329. The van der Waals surface area contributed by atoms with Crippen molar-refractivity contribution in [2.24, 2.45) is 5.73 Å². The molecule has 1 aromatic heterocycles. The summed E-state index contributed by atoms with van der Waals surface area (Å²) in [7, 11) is 0. The Bertz CT molecular complexity index is 716. The maximum absolute atomic E-state index is 11.7. The van der Waals surface area contributed by atoms with Crippen molar-refractivity contribution in [3.63, 3.8) is 0 Å². The number of amidine groups is 1. The monoisotopic (exact) mass is 256 g/mol. The molecule has 0 amide bonds. The van der Waals surface area contributed by atoms with Gasteiger partial charge in [-0.1, -0.05) is 6.07 Å². The Morgan fingerprint density at radius 2 is 1.89 bits per heavy atom. The summed E-state index contributed by atoms with van der Waals surface area (Å²) in [6, 6.07) is 7.36. The van der Waals surface area contributed by atoms with Crippen LogP contribution in [0.15, 0.2) is 29.1 Å². The number of nitrogens with two attached hydrogens (primary N) is 1. The number of aromatic nitrogens is 2. The second-order valence-corrected chi connectivity index (χ2v) is 4.59. The summed E-state index contributed by atoms with van der Waals surface area (Å²) >= 11 is 0. The van der Waals surface area contributed by atoms with E-state index in [0.717, 1.165) is 11.3 Å². The van der Waals surface area contributed by atoms with Gasteiger partial charge in [-0.05, 0) is 44.0 Å². The minimum Gasteiger partial charge on any atom is -0.382 e. The molecule has 3 N–H and O–H groups in total. The van der Waals surface area contributed by atoms with Gasteiger partial charge in [-0.3, -0.25) is 10.2 Å². The lowest BCUT2D eigenvalue weighted by atomic mass is 10.1. The molecule has 0 unspecified atom stereocenters. The summed E-state index contributed by atoms with van der Waals surface area (Å²) in [5, 5.41) is 11.6. The number of nitrogen functional groups attached to an aromatic ring is 1. The van der Waals surface area contributed by atoms with Gasteiger partial charge in [0.2, 0.25) is 5.43 Å². The van der Waals surface area contributed by atoms with Gasteiger partial charge >= 0.3 is 0 Å². The Hall–Kier alpha value is -2.43. The quantitative estimate of drug-likeness (QED) is 0.630. The maximum Gasteiger partial charge on any atom is 0.211 e. The highest BCUT2D eigenvalue weighted by Crippen LogP contribution is 2.14. The smallest absolute Gasteiger partial charge is 0.211 e. The first-order valence-corrected chi connectivity index (χ1v) is 5.93. The maximum atomic E-state index is 11.7. The first-order valence-electron chi connectivity index (χ1n) is 5.93. The van der Waals surface area contributed by atoms with Crippen LogP contribution in [0.3, 0.4) is 0 Å². The van der Waals surface area contributed by atoms with Crippen molar-refractivity contribution >= 4 is 5.84 Å². The Morgan fingerprint density at radius 3 is 2.47 bits per heavy atom. The fraction of sp³-hybridized carbons (Fsp3) is 0.214. The molecule has 19 heavy (non-hydrogen) atoms. The standard InChI is InChI=1S/C14H16N4O/c1-8-4-5-11(6-9(8)2)18-10(3)7-12(19)13(17-18)14(15)16/h4-7H,1-3H3,(H3,15,16). The number of aryl methyl sites for hydroxylation is 3. The predicted octanol–water partition coefficient (Wildman–Crippen LogP) is 1.44. The van der Waals surface area contributed by atoms with Crippen LogP contribution in [-0.4, -0.2) is 15.6 Å². The first kappa shape index (κ1) is 13.0. The van der Waals surface area contributed by atoms with Crippen molar-refractivity contribution in [1.29, 1.82) is 5.41 Å². The van der Waals surface area contributed by atoms with Crippen LogP contribution in [0.1, 0.15) is 22.5 Å². The number of hydrogen-bond donors (Lipinski definition) is 2. The van der Waals surface area contributed by atoms with Gasteiger partial charge in [0.15, 0.2) is 5.69 Å². The molecule has 0 aliphatic rings. The highest BCUT2D eigenvalue weighted by Gasteiger charge is 2.10. The molecular formula is C14H16N4O. The molecule has 1 aromatic carbocycles. The second-order valence-electron chi connectivity index (χ2n) is 4.59. The topological polar surface area (TPSA) is 84.8 Å². The Labute approximate surface area is 111 Å². The van der Waals surface area contributed by atoms with Crippen molar-refractivity contribution in [2.75, 3.05) is 0 Å². The summed E-state index contributed by atoms with van der Waals surface area (Å²) in [5.41, 5.74) is 8.91. The second kappa shape index (κ2) is 4.68. The van der Waals surface area contributed by atoms with Crippen LogP contribution in [0.25, 0.3) is 5.69 Å². The number of nitrogens with zero attached hydrogens (tertiary/aromatic N) is 2. The van der Waals surface area contributed by atoms with Crippen LogP contribution >= 0.6 is 0 Å². The molecule has 5 heteroatoms. The number of benzene rings is 1. The average Bonchev–Trinajstić information content (AvgIpc) is 2.32. The highest BCUT2D eigenvalue weighted by molar-refractivity contribution is 5.92. The number of nitrogens with one attached hydrogen (secondary N) is 1. The molecule has 0 fully saturated rings. The lowest BCUT2D eigenvalue weighted by Crippen LogP contribution is -2.27. The molecule has 5 nitrogen and oxygen atoms in total. The third kappa shape index (κ3) is 2.40. The van der Waals surface area contributed by atoms with E-state index in [2.05, 4.69) is 5.10 Å². The molecule has 0 saturated carbocycles. The van der Waals surface area contributed by atoms with E-state index in [-0.39, 0.29) is 17.0 Å². The van der Waals surface area contributed by atoms with Gasteiger partial charge in [0, 0.05) is 11.8 Å². The minimum absolute atomic E-state index is 0.0242. The zero-order valence-electron chi connectivity index (χ0n) is 11.2. The summed E-state index contributed by atoms with van der Waals surface area (Å²) < 4.78 is 1.63. The summed E-state index contributed by atoms with van der Waals surface area (Å²) in [4.78, 5) is 11.7. The van der Waals surface area contributed by atoms with Gasteiger partial charge < -0.3 is 5.73 Å². The van der Waals surface area contributed by atoms with Gasteiger partial charge in [-0.15, -0.1) is 0 Å². The molecule has 0 radical (unpaired) electrons. The molecule has 0 bridgehead atoms. The van der Waals surface area contributed by atoms with Gasteiger partial charge in [-0.2, -0.15) is 5.10 Å². The lowest BCUT2D eigenvalue weighted by Gasteiger charge is -2.12. The van der Waals surface area contributed by atoms with E-state index in [9.17, 15) is 4.79 Å². The van der Waals surface area contributed by atoms with E-state index >= 15 is 0 Å². The molecule has 2 rings (SSSR count). The molecule has 1 heterocycles. The van der Waals surface area contributed by atoms with Crippen molar-refractivity contribution in [3.8, 4) is 5.69 Å². The number of hydrogen-bond acceptors (Lipinski definition) is 3. The van der Waals surface area contributed by atoms with Crippen LogP contribution in [0.4, 0.5) is 0 Å². The van der Waals surface area contributed by atoms with Crippen molar-refractivity contribution in [1.82, 2.24) is 9.78 Å². The van der Waals surface area contributed by atoms with Crippen LogP contribution in [0.5, 0.6) is 0 Å². The van der Waals surface area contributed by atoms with Crippen molar-refractivity contribution in [2.45, 2.75) is 20.8 Å². The van der Waals surface area contributed by atoms with Crippen LogP contribution < -0.4 is 11.2 Å². The summed E-state index contributed by atoms with van der Waals surface area (Å²) in [6.07, 6.45) is 0. The van der Waals surface area contributed by atoms with E-state index in [1.807, 2.05) is 32.0 Å². The van der Waals surface area contributed by atoms with Crippen molar-refractivity contribution in [3.05, 3.63) is 57.0 Å². The highest BCUT2D eigenvalue weighted by atomic mass is 16.1. The molecule has 2 aromatic rings. The fourth-order valence-corrected chi connectivity index (χ4v) is 1.85. The van der Waals surface area contributed by atoms with Gasteiger partial charge in [-0.25, -0.2) is 4.68 Å². The Kier molecular flexibility index (Phi) is 3.21. The van der Waals surface area contributed by atoms with Crippen molar-refractivity contribution < 1.29 is 0 Å². The van der Waals surface area contributed by atoms with E-state index in [1.165, 1.54) is 11.6 Å². The lowest BCUT2D eigenvalue weighted by molar-refractivity contribution is 0.790. The van der Waals surface area contributed by atoms with E-state index in [0.29, 0.717) is 5.69 Å². The molecule has 0 aliphatic carbocycles. The third-order valence-electron chi connectivity index (χ3n) is 3.10. The largest absolute Gasteiger partial charge is 0.382 e. The molecule has 0 saturated heterocycles. The van der Waals surface area contributed by atoms with Crippen LogP contribution in [0.2, 0.25) is 0 Å². The van der Waals surface area contributed by atoms with E-state index < -0.39 is 0 Å². The fourth-order valence-electron chi connectivity index (χ4n) is 1.85. The number of rotatable bonds is 2.